The van der Waals surface area contributed by atoms with Crippen LogP contribution in [0.4, 0.5) is 0 Å². The van der Waals surface area contributed by atoms with E-state index in [1.54, 1.807) is 38.5 Å². The van der Waals surface area contributed by atoms with Crippen LogP contribution in [0.3, 0.4) is 0 Å². The van der Waals surface area contributed by atoms with Crippen LogP contribution in [0.2, 0.25) is 0 Å². The van der Waals surface area contributed by atoms with Gasteiger partial charge in [-0.05, 0) is 35.1 Å². The average molecular weight is 417 g/mol. The van der Waals surface area contributed by atoms with Gasteiger partial charge in [-0.3, -0.25) is 9.59 Å². The van der Waals surface area contributed by atoms with Crippen molar-refractivity contribution in [2.45, 2.75) is 52.4 Å². The van der Waals surface area contributed by atoms with Crippen LogP contribution >= 0.6 is 0 Å². The minimum atomic E-state index is -0.135. The molecule has 0 aliphatic carbocycles. The quantitative estimate of drug-likeness (QED) is 0.680. The highest BCUT2D eigenvalue weighted by Gasteiger charge is 2.22. The molecule has 6 heteroatoms. The van der Waals surface area contributed by atoms with Crippen molar-refractivity contribution in [3.05, 3.63) is 46.5 Å². The van der Waals surface area contributed by atoms with Gasteiger partial charge in [0.15, 0.2) is 12.6 Å². The minimum Gasteiger partial charge on any atom is -0.507 e. The molecule has 2 aromatic carbocycles. The number of carbonyl (C=O) groups is 2. The number of hydrogen-bond acceptors (Lipinski definition) is 6. The van der Waals surface area contributed by atoms with Gasteiger partial charge in [-0.1, -0.05) is 41.5 Å². The summed E-state index contributed by atoms with van der Waals surface area (Å²) in [5.74, 6) is 1.25. The Balaban J connectivity index is 0.000000300. The Morgan fingerprint density at radius 3 is 1.17 bits per heavy atom. The van der Waals surface area contributed by atoms with E-state index in [0.29, 0.717) is 24.1 Å². The maximum atomic E-state index is 10.6. The van der Waals surface area contributed by atoms with Crippen LogP contribution in [0, 0.1) is 0 Å². The second-order valence-corrected chi connectivity index (χ2v) is 8.96. The van der Waals surface area contributed by atoms with E-state index in [1.807, 2.05) is 41.5 Å². The molecule has 0 heterocycles. The molecule has 0 saturated carbocycles. The Hall–Kier alpha value is -3.02. The third kappa shape index (κ3) is 5.99. The summed E-state index contributed by atoms with van der Waals surface area (Å²) >= 11 is 0. The molecule has 0 aromatic heterocycles. The van der Waals surface area contributed by atoms with E-state index in [0.717, 1.165) is 11.1 Å². The Morgan fingerprint density at radius 1 is 0.667 bits per heavy atom. The third-order valence-corrected chi connectivity index (χ3v) is 4.57. The Morgan fingerprint density at radius 2 is 0.967 bits per heavy atom. The van der Waals surface area contributed by atoms with E-state index in [9.17, 15) is 19.8 Å². The number of phenols is 2. The molecule has 2 rings (SSSR count). The van der Waals surface area contributed by atoms with Crippen molar-refractivity contribution in [1.82, 2.24) is 0 Å². The number of hydrogen-bond donors (Lipinski definition) is 2. The van der Waals surface area contributed by atoms with Crippen molar-refractivity contribution >= 4 is 12.6 Å². The largest absolute Gasteiger partial charge is 0.507 e. The summed E-state index contributed by atoms with van der Waals surface area (Å²) in [6, 6.07) is 6.29. The predicted molar refractivity (Wildman–Crippen MR) is 117 cm³/mol. The summed E-state index contributed by atoms with van der Waals surface area (Å²) in [6.07, 6.45) is 1.23. The van der Waals surface area contributed by atoms with Gasteiger partial charge in [0.1, 0.15) is 23.0 Å². The summed E-state index contributed by atoms with van der Waals surface area (Å²) in [4.78, 5) is 21.3. The monoisotopic (exact) mass is 416 g/mol. The van der Waals surface area contributed by atoms with Gasteiger partial charge in [0.05, 0.1) is 25.3 Å². The SMILES string of the molecule is COc1cc(C=O)c(O)cc1C(C)(C)C.COc1cc(C=O)c(O)cc1C(C)(C)C. The summed E-state index contributed by atoms with van der Waals surface area (Å²) in [5, 5.41) is 19.2. The van der Waals surface area contributed by atoms with Crippen LogP contribution in [0.15, 0.2) is 24.3 Å². The first kappa shape index (κ1) is 25.0. The lowest BCUT2D eigenvalue weighted by Crippen LogP contribution is -2.13. The maximum absolute atomic E-state index is 10.6. The summed E-state index contributed by atoms with van der Waals surface area (Å²) in [7, 11) is 3.10. The molecule has 0 saturated heterocycles. The number of benzene rings is 2. The van der Waals surface area contributed by atoms with Gasteiger partial charge >= 0.3 is 0 Å². The van der Waals surface area contributed by atoms with E-state index in [2.05, 4.69) is 0 Å². The Labute approximate surface area is 178 Å². The first-order valence-corrected chi connectivity index (χ1v) is 9.53. The molecule has 0 atom stereocenters. The summed E-state index contributed by atoms with van der Waals surface area (Å²) in [5.41, 5.74) is 2.00. The third-order valence-electron chi connectivity index (χ3n) is 4.57. The van der Waals surface area contributed by atoms with Gasteiger partial charge in [-0.15, -0.1) is 0 Å². The molecule has 0 unspecified atom stereocenters. The van der Waals surface area contributed by atoms with Gasteiger partial charge in [0.25, 0.3) is 0 Å². The minimum absolute atomic E-state index is 0.00396. The van der Waals surface area contributed by atoms with Crippen LogP contribution < -0.4 is 9.47 Å². The van der Waals surface area contributed by atoms with Crippen molar-refractivity contribution in [1.29, 1.82) is 0 Å². The predicted octanol–water partition coefficient (Wildman–Crippen LogP) is 5.02. The lowest BCUT2D eigenvalue weighted by atomic mass is 9.85. The molecule has 2 aromatic rings. The highest BCUT2D eigenvalue weighted by atomic mass is 16.5. The molecule has 2 N–H and O–H groups in total. The fourth-order valence-corrected chi connectivity index (χ4v) is 2.87. The van der Waals surface area contributed by atoms with Crippen molar-refractivity contribution in [2.75, 3.05) is 14.2 Å². The van der Waals surface area contributed by atoms with E-state index < -0.39 is 0 Å². The Kier molecular flexibility index (Phi) is 8.05. The summed E-state index contributed by atoms with van der Waals surface area (Å²) in [6.45, 7) is 12.1. The first-order chi connectivity index (χ1) is 13.8. The fraction of sp³-hybridized carbons (Fsp3) is 0.417. The van der Waals surface area contributed by atoms with Crippen molar-refractivity contribution in [2.24, 2.45) is 0 Å². The molecular weight excluding hydrogens is 384 g/mol. The molecule has 6 nitrogen and oxygen atoms in total. The highest BCUT2D eigenvalue weighted by molar-refractivity contribution is 5.81. The van der Waals surface area contributed by atoms with Gasteiger partial charge in [0.2, 0.25) is 0 Å². The molecular formula is C24H32O6. The van der Waals surface area contributed by atoms with Crippen LogP contribution in [0.1, 0.15) is 73.4 Å². The lowest BCUT2D eigenvalue weighted by Gasteiger charge is -2.22. The normalized spacial score (nSPS) is 11.2. The number of rotatable bonds is 4. The fourth-order valence-electron chi connectivity index (χ4n) is 2.87. The topological polar surface area (TPSA) is 93.1 Å². The number of carbonyl (C=O) groups excluding carboxylic acids is 2. The molecule has 0 spiro atoms. The number of aldehydes is 2. The first-order valence-electron chi connectivity index (χ1n) is 9.53. The Bertz CT molecular complexity index is 826. The molecule has 0 aliphatic rings. The maximum Gasteiger partial charge on any atom is 0.153 e. The van der Waals surface area contributed by atoms with E-state index >= 15 is 0 Å². The number of ether oxygens (including phenoxy) is 2. The molecule has 0 fully saturated rings. The van der Waals surface area contributed by atoms with Crippen molar-refractivity contribution in [3.63, 3.8) is 0 Å². The van der Waals surface area contributed by atoms with Gasteiger partial charge in [0, 0.05) is 11.1 Å². The average Bonchev–Trinajstić information content (AvgIpc) is 2.66. The smallest absolute Gasteiger partial charge is 0.153 e. The van der Waals surface area contributed by atoms with Gasteiger partial charge in [-0.25, -0.2) is 0 Å². The number of methoxy groups -OCH3 is 2. The van der Waals surface area contributed by atoms with Crippen LogP contribution in [0.5, 0.6) is 23.0 Å². The van der Waals surface area contributed by atoms with Crippen LogP contribution in [-0.2, 0) is 10.8 Å². The van der Waals surface area contributed by atoms with Gasteiger partial charge in [-0.2, -0.15) is 0 Å². The van der Waals surface area contributed by atoms with E-state index in [-0.39, 0.29) is 33.5 Å². The standard InChI is InChI=1S/2C12H16O3/c2*1-12(2,3)9-6-10(14)8(7-13)5-11(9)15-4/h2*5-7,14H,1-4H3. The molecule has 0 aliphatic heterocycles. The second-order valence-electron chi connectivity index (χ2n) is 8.96. The zero-order valence-corrected chi connectivity index (χ0v) is 19.0. The van der Waals surface area contributed by atoms with Crippen LogP contribution in [0.25, 0.3) is 0 Å². The molecule has 0 amide bonds. The summed E-state index contributed by atoms with van der Waals surface area (Å²) < 4.78 is 10.4. The highest BCUT2D eigenvalue weighted by Crippen LogP contribution is 2.36. The van der Waals surface area contributed by atoms with Crippen molar-refractivity contribution < 1.29 is 29.3 Å². The van der Waals surface area contributed by atoms with Gasteiger partial charge < -0.3 is 19.7 Å². The molecule has 0 radical (unpaired) electrons. The van der Waals surface area contributed by atoms with E-state index in [1.165, 1.54) is 0 Å². The van der Waals surface area contributed by atoms with E-state index in [4.69, 9.17) is 9.47 Å². The zero-order chi connectivity index (χ0) is 23.3. The molecule has 0 bridgehead atoms. The second kappa shape index (κ2) is 9.65. The van der Waals surface area contributed by atoms with Crippen molar-refractivity contribution in [3.8, 4) is 23.0 Å². The number of aromatic hydroxyl groups is 2. The van der Waals surface area contributed by atoms with Crippen LogP contribution in [-0.4, -0.2) is 37.0 Å². The zero-order valence-electron chi connectivity index (χ0n) is 19.0. The molecule has 30 heavy (non-hydrogen) atoms. The molecule has 164 valence electrons. The lowest BCUT2D eigenvalue weighted by molar-refractivity contribution is 0.111. The number of phenolic OH excluding ortho intramolecular Hbond substituents is 2.